The quantitative estimate of drug-likeness (QED) is 0.901. The van der Waals surface area contributed by atoms with Gasteiger partial charge in [-0.1, -0.05) is 13.8 Å². The lowest BCUT2D eigenvalue weighted by Gasteiger charge is -2.25. The van der Waals surface area contributed by atoms with Crippen molar-refractivity contribution in [1.82, 2.24) is 4.98 Å². The zero-order valence-corrected chi connectivity index (χ0v) is 14.7. The molecule has 0 radical (unpaired) electrons. The van der Waals surface area contributed by atoms with Crippen molar-refractivity contribution in [3.63, 3.8) is 0 Å². The van der Waals surface area contributed by atoms with E-state index in [1.807, 2.05) is 6.07 Å². The summed E-state index contributed by atoms with van der Waals surface area (Å²) in [5, 5.41) is 19.3. The Labute approximate surface area is 144 Å². The lowest BCUT2D eigenvalue weighted by atomic mass is 9.91. The third kappa shape index (κ3) is 2.55. The van der Waals surface area contributed by atoms with Crippen LogP contribution in [0.2, 0.25) is 0 Å². The van der Waals surface area contributed by atoms with Gasteiger partial charge in [0.25, 0.3) is 0 Å². The topological polar surface area (TPSA) is 83.2 Å². The Balaban J connectivity index is 2.10. The van der Waals surface area contributed by atoms with Crippen molar-refractivity contribution in [1.29, 1.82) is 5.26 Å². The second kappa shape index (κ2) is 5.91. The number of aryl methyl sites for hydroxylation is 1. The molecule has 2 heterocycles. The molecule has 1 aromatic heterocycles. The van der Waals surface area contributed by atoms with Gasteiger partial charge >= 0.3 is 5.97 Å². The lowest BCUT2D eigenvalue weighted by Crippen LogP contribution is -2.32. The molecule has 0 spiro atoms. The summed E-state index contributed by atoms with van der Waals surface area (Å²) in [6, 6.07) is 5.92. The van der Waals surface area contributed by atoms with Crippen molar-refractivity contribution in [2.45, 2.75) is 45.6 Å². The number of rotatable bonds is 4. The van der Waals surface area contributed by atoms with Crippen LogP contribution in [0.3, 0.4) is 0 Å². The van der Waals surface area contributed by atoms with E-state index in [9.17, 15) is 15.2 Å². The third-order valence-corrected chi connectivity index (χ3v) is 5.84. The molecule has 24 heavy (non-hydrogen) atoms. The predicted molar refractivity (Wildman–Crippen MR) is 91.6 cm³/mol. The van der Waals surface area contributed by atoms with Gasteiger partial charge in [-0.2, -0.15) is 5.26 Å². The zero-order chi connectivity index (χ0) is 17.5. The van der Waals surface area contributed by atoms with E-state index in [0.29, 0.717) is 22.0 Å². The minimum atomic E-state index is -0.975. The first-order chi connectivity index (χ1) is 11.4. The number of carbonyl (C=O) groups is 1. The van der Waals surface area contributed by atoms with Crippen molar-refractivity contribution in [2.75, 3.05) is 0 Å². The van der Waals surface area contributed by atoms with E-state index < -0.39 is 5.97 Å². The number of aromatic carboxylic acids is 1. The molecule has 0 unspecified atom stereocenters. The van der Waals surface area contributed by atoms with E-state index in [-0.39, 0.29) is 10.5 Å². The molecule has 0 fully saturated rings. The van der Waals surface area contributed by atoms with E-state index >= 15 is 0 Å². The van der Waals surface area contributed by atoms with E-state index in [0.717, 1.165) is 41.7 Å². The number of aromatic nitrogens is 1. The number of carboxylic acids is 1. The molecule has 124 valence electrons. The van der Waals surface area contributed by atoms with Crippen molar-refractivity contribution < 1.29 is 14.6 Å². The van der Waals surface area contributed by atoms with Crippen LogP contribution in [-0.2, 0) is 6.42 Å². The van der Waals surface area contributed by atoms with Gasteiger partial charge in [-0.25, -0.2) is 9.78 Å². The Hall–Kier alpha value is -2.39. The number of fused-ring (bicyclic) bond motifs is 1. The maximum atomic E-state index is 11.2. The van der Waals surface area contributed by atoms with Crippen molar-refractivity contribution in [3.05, 3.63) is 33.8 Å². The third-order valence-electron chi connectivity index (χ3n) is 4.64. The smallest absolute Gasteiger partial charge is 0.347 e. The molecule has 0 bridgehead atoms. The Morgan fingerprint density at radius 2 is 2.17 bits per heavy atom. The SMILES string of the molecule is CCC1(CC)Cc2cc(-c3nc(C)c(C(=O)O)s3)cc(C#N)c2O1. The van der Waals surface area contributed by atoms with Crippen LogP contribution in [0.25, 0.3) is 10.6 Å². The number of benzene rings is 1. The fourth-order valence-electron chi connectivity index (χ4n) is 3.11. The highest BCUT2D eigenvalue weighted by molar-refractivity contribution is 7.17. The first-order valence-corrected chi connectivity index (χ1v) is 8.71. The molecule has 2 aromatic rings. The number of hydrogen-bond donors (Lipinski definition) is 1. The molecule has 1 aromatic carbocycles. The normalized spacial score (nSPS) is 14.8. The van der Waals surface area contributed by atoms with Crippen LogP contribution in [0.1, 0.15) is 53.2 Å². The van der Waals surface area contributed by atoms with Gasteiger partial charge < -0.3 is 9.84 Å². The summed E-state index contributed by atoms with van der Waals surface area (Å²) in [6.07, 6.45) is 2.50. The fraction of sp³-hybridized carbons (Fsp3) is 0.389. The molecule has 6 heteroatoms. The number of nitrogens with zero attached hydrogens (tertiary/aromatic N) is 2. The van der Waals surface area contributed by atoms with Gasteiger partial charge in [0.1, 0.15) is 27.3 Å². The largest absolute Gasteiger partial charge is 0.485 e. The van der Waals surface area contributed by atoms with Gasteiger partial charge in [-0.05, 0) is 31.9 Å². The molecule has 5 nitrogen and oxygen atoms in total. The van der Waals surface area contributed by atoms with Gasteiger partial charge in [0.15, 0.2) is 0 Å². The average molecular weight is 342 g/mol. The Kier molecular flexibility index (Phi) is 4.06. The van der Waals surface area contributed by atoms with E-state index in [1.165, 1.54) is 0 Å². The molecular formula is C18H18N2O3S. The van der Waals surface area contributed by atoms with Crippen LogP contribution in [0, 0.1) is 18.3 Å². The van der Waals surface area contributed by atoms with Crippen molar-refractivity contribution >= 4 is 17.3 Å². The molecule has 0 saturated carbocycles. The summed E-state index contributed by atoms with van der Waals surface area (Å²) >= 11 is 1.14. The van der Waals surface area contributed by atoms with Crippen LogP contribution < -0.4 is 4.74 Å². The Bertz CT molecular complexity index is 860. The Morgan fingerprint density at radius 1 is 1.46 bits per heavy atom. The monoisotopic (exact) mass is 342 g/mol. The second-order valence-corrected chi connectivity index (χ2v) is 7.03. The molecular weight excluding hydrogens is 324 g/mol. The molecule has 0 atom stereocenters. The van der Waals surface area contributed by atoms with Gasteiger partial charge in [-0.15, -0.1) is 11.3 Å². The molecule has 1 aliphatic heterocycles. The van der Waals surface area contributed by atoms with Crippen LogP contribution in [-0.4, -0.2) is 21.7 Å². The minimum absolute atomic E-state index is 0.233. The summed E-state index contributed by atoms with van der Waals surface area (Å²) in [4.78, 5) is 15.8. The van der Waals surface area contributed by atoms with Crippen LogP contribution >= 0.6 is 11.3 Å². The molecule has 1 aliphatic rings. The van der Waals surface area contributed by atoms with Gasteiger partial charge in [0, 0.05) is 17.5 Å². The van der Waals surface area contributed by atoms with Gasteiger partial charge in [0.2, 0.25) is 0 Å². The second-order valence-electron chi connectivity index (χ2n) is 6.03. The summed E-state index contributed by atoms with van der Waals surface area (Å²) in [5.41, 5.74) is 2.50. The highest BCUT2D eigenvalue weighted by atomic mass is 32.1. The summed E-state index contributed by atoms with van der Waals surface area (Å²) in [5.74, 6) is -0.311. The van der Waals surface area contributed by atoms with E-state index in [2.05, 4.69) is 24.9 Å². The molecule has 0 aliphatic carbocycles. The molecule has 3 rings (SSSR count). The molecule has 1 N–H and O–H groups in total. The average Bonchev–Trinajstić information content (AvgIpc) is 3.14. The Morgan fingerprint density at radius 3 is 2.71 bits per heavy atom. The predicted octanol–water partition coefficient (Wildman–Crippen LogP) is 4.18. The van der Waals surface area contributed by atoms with Gasteiger partial charge in [-0.3, -0.25) is 0 Å². The van der Waals surface area contributed by atoms with Gasteiger partial charge in [0.05, 0.1) is 11.3 Å². The number of thiazole rings is 1. The summed E-state index contributed by atoms with van der Waals surface area (Å²) < 4.78 is 6.14. The van der Waals surface area contributed by atoms with Crippen molar-refractivity contribution in [3.8, 4) is 22.4 Å². The highest BCUT2D eigenvalue weighted by Gasteiger charge is 2.38. The molecule has 0 saturated heterocycles. The minimum Gasteiger partial charge on any atom is -0.485 e. The standard InChI is InChI=1S/C18H18N2O3S/c1-4-18(5-2)8-12-6-11(7-13(9-19)14(12)23-18)16-20-10(3)15(24-16)17(21)22/h6-7H,4-5,8H2,1-3H3,(H,21,22). The number of nitriles is 1. The van der Waals surface area contributed by atoms with E-state index in [1.54, 1.807) is 13.0 Å². The number of hydrogen-bond acceptors (Lipinski definition) is 5. The van der Waals surface area contributed by atoms with Crippen LogP contribution in [0.5, 0.6) is 5.75 Å². The summed E-state index contributed by atoms with van der Waals surface area (Å²) in [7, 11) is 0. The molecule has 0 amide bonds. The van der Waals surface area contributed by atoms with Crippen molar-refractivity contribution in [2.24, 2.45) is 0 Å². The lowest BCUT2D eigenvalue weighted by molar-refractivity contribution is 0.0701. The van der Waals surface area contributed by atoms with Crippen LogP contribution in [0.15, 0.2) is 12.1 Å². The zero-order valence-electron chi connectivity index (χ0n) is 13.8. The first-order valence-electron chi connectivity index (χ1n) is 7.90. The maximum Gasteiger partial charge on any atom is 0.347 e. The highest BCUT2D eigenvalue weighted by Crippen LogP contribution is 2.43. The van der Waals surface area contributed by atoms with Crippen LogP contribution in [0.4, 0.5) is 0 Å². The number of ether oxygens (including phenoxy) is 1. The fourth-order valence-corrected chi connectivity index (χ4v) is 4.00. The van der Waals surface area contributed by atoms with E-state index in [4.69, 9.17) is 4.74 Å². The first kappa shape index (κ1) is 16.5. The summed E-state index contributed by atoms with van der Waals surface area (Å²) in [6.45, 7) is 5.86. The maximum absolute atomic E-state index is 11.2. The number of carboxylic acid groups (broad SMARTS) is 1.